The number of primary amides is 1. The van der Waals surface area contributed by atoms with Gasteiger partial charge in [0.05, 0.1) is 4.92 Å². The van der Waals surface area contributed by atoms with E-state index in [0.29, 0.717) is 11.3 Å². The first-order valence-corrected chi connectivity index (χ1v) is 5.77. The van der Waals surface area contributed by atoms with Crippen molar-refractivity contribution in [2.24, 2.45) is 11.7 Å². The van der Waals surface area contributed by atoms with Crippen LogP contribution in [0.2, 0.25) is 0 Å². The molecule has 6 nitrogen and oxygen atoms in total. The predicted molar refractivity (Wildman–Crippen MR) is 70.9 cm³/mol. The van der Waals surface area contributed by atoms with E-state index in [2.05, 4.69) is 0 Å². The van der Waals surface area contributed by atoms with E-state index in [1.165, 1.54) is 6.08 Å². The van der Waals surface area contributed by atoms with Gasteiger partial charge in [-0.05, 0) is 17.7 Å². The second-order valence-corrected chi connectivity index (χ2v) is 4.31. The fourth-order valence-corrected chi connectivity index (χ4v) is 1.42. The third-order valence-electron chi connectivity index (χ3n) is 2.38. The van der Waals surface area contributed by atoms with E-state index in [4.69, 9.17) is 10.5 Å². The number of allylic oxidation sites excluding steroid dienone is 1. The van der Waals surface area contributed by atoms with E-state index in [1.54, 1.807) is 38.1 Å². The van der Waals surface area contributed by atoms with Crippen molar-refractivity contribution in [3.8, 4) is 5.75 Å². The second-order valence-electron chi connectivity index (χ2n) is 4.31. The molecule has 1 aromatic rings. The lowest BCUT2D eigenvalue weighted by Crippen LogP contribution is -2.19. The molecule has 2 N–H and O–H groups in total. The molecule has 1 rings (SSSR count). The molecular formula is C13H16N2O4. The highest BCUT2D eigenvalue weighted by molar-refractivity contribution is 5.75. The van der Waals surface area contributed by atoms with Gasteiger partial charge < -0.3 is 10.5 Å². The SMILES string of the molecule is CC(C)/C(=C/c1ccc(OCC(N)=O)cc1)[N+](=O)[O-]. The topological polar surface area (TPSA) is 95.5 Å². The average Bonchev–Trinajstić information content (AvgIpc) is 2.34. The van der Waals surface area contributed by atoms with Gasteiger partial charge in [-0.2, -0.15) is 0 Å². The molecule has 0 saturated heterocycles. The third kappa shape index (κ3) is 4.79. The van der Waals surface area contributed by atoms with E-state index in [0.717, 1.165) is 0 Å². The van der Waals surface area contributed by atoms with Crippen molar-refractivity contribution in [3.05, 3.63) is 45.6 Å². The first kappa shape index (κ1) is 14.7. The number of rotatable bonds is 6. The van der Waals surface area contributed by atoms with Crippen LogP contribution >= 0.6 is 0 Å². The lowest BCUT2D eigenvalue weighted by Gasteiger charge is -2.04. The molecule has 0 saturated carbocycles. The van der Waals surface area contributed by atoms with Crippen LogP contribution in [-0.2, 0) is 4.79 Å². The zero-order valence-electron chi connectivity index (χ0n) is 10.8. The summed E-state index contributed by atoms with van der Waals surface area (Å²) in [5.74, 6) is -0.233. The number of nitrogens with two attached hydrogens (primary N) is 1. The van der Waals surface area contributed by atoms with Gasteiger partial charge in [0.25, 0.3) is 5.91 Å². The second kappa shape index (κ2) is 6.53. The van der Waals surface area contributed by atoms with E-state index < -0.39 is 5.91 Å². The minimum atomic E-state index is -0.556. The Morgan fingerprint density at radius 3 is 2.42 bits per heavy atom. The van der Waals surface area contributed by atoms with Crippen molar-refractivity contribution in [3.63, 3.8) is 0 Å². The van der Waals surface area contributed by atoms with Gasteiger partial charge in [-0.1, -0.05) is 26.0 Å². The molecule has 6 heteroatoms. The summed E-state index contributed by atoms with van der Waals surface area (Å²) in [5, 5.41) is 10.9. The Labute approximate surface area is 111 Å². The highest BCUT2D eigenvalue weighted by atomic mass is 16.6. The highest BCUT2D eigenvalue weighted by Crippen LogP contribution is 2.18. The van der Waals surface area contributed by atoms with Gasteiger partial charge in [-0.3, -0.25) is 14.9 Å². The predicted octanol–water partition coefficient (Wildman–Crippen LogP) is 1.82. The van der Waals surface area contributed by atoms with Crippen LogP contribution in [0.3, 0.4) is 0 Å². The van der Waals surface area contributed by atoms with Crippen LogP contribution in [0.1, 0.15) is 19.4 Å². The van der Waals surface area contributed by atoms with E-state index in [9.17, 15) is 14.9 Å². The molecule has 0 aliphatic carbocycles. The summed E-state index contributed by atoms with van der Waals surface area (Å²) < 4.78 is 5.09. The Hall–Kier alpha value is -2.37. The molecule has 0 bridgehead atoms. The average molecular weight is 264 g/mol. The lowest BCUT2D eigenvalue weighted by molar-refractivity contribution is -0.431. The summed E-state index contributed by atoms with van der Waals surface area (Å²) in [7, 11) is 0. The number of hydrogen-bond donors (Lipinski definition) is 1. The molecule has 0 aliphatic rings. The summed E-state index contributed by atoms with van der Waals surface area (Å²) in [6, 6.07) is 6.63. The van der Waals surface area contributed by atoms with Crippen LogP contribution in [0.4, 0.5) is 0 Å². The number of amides is 1. The fourth-order valence-electron chi connectivity index (χ4n) is 1.42. The molecule has 0 unspecified atom stereocenters. The summed E-state index contributed by atoms with van der Waals surface area (Å²) in [6.45, 7) is 3.33. The number of hydrogen-bond acceptors (Lipinski definition) is 4. The molecule has 0 heterocycles. The monoisotopic (exact) mass is 264 g/mol. The minimum absolute atomic E-state index is 0.144. The van der Waals surface area contributed by atoms with E-state index in [-0.39, 0.29) is 23.1 Å². The summed E-state index contributed by atoms with van der Waals surface area (Å²) in [5.41, 5.74) is 5.80. The van der Waals surface area contributed by atoms with Crippen molar-refractivity contribution in [2.75, 3.05) is 6.61 Å². The molecular weight excluding hydrogens is 248 g/mol. The molecule has 19 heavy (non-hydrogen) atoms. The minimum Gasteiger partial charge on any atom is -0.484 e. The van der Waals surface area contributed by atoms with Crippen LogP contribution in [0.5, 0.6) is 5.75 Å². The van der Waals surface area contributed by atoms with Gasteiger partial charge >= 0.3 is 0 Å². The highest BCUT2D eigenvalue weighted by Gasteiger charge is 2.15. The van der Waals surface area contributed by atoms with E-state index in [1.807, 2.05) is 0 Å². The van der Waals surface area contributed by atoms with Crippen LogP contribution in [0, 0.1) is 16.0 Å². The first-order chi connectivity index (χ1) is 8.90. The molecule has 1 amide bonds. The zero-order chi connectivity index (χ0) is 14.4. The molecule has 0 aliphatic heterocycles. The Morgan fingerprint density at radius 1 is 1.42 bits per heavy atom. The van der Waals surface area contributed by atoms with Crippen LogP contribution < -0.4 is 10.5 Å². The number of ether oxygens (including phenoxy) is 1. The maximum Gasteiger partial charge on any atom is 0.255 e. The zero-order valence-corrected chi connectivity index (χ0v) is 10.8. The Bertz CT molecular complexity index is 492. The fraction of sp³-hybridized carbons (Fsp3) is 0.308. The summed E-state index contributed by atoms with van der Waals surface area (Å²) in [4.78, 5) is 21.0. The van der Waals surface area contributed by atoms with Gasteiger partial charge in [0, 0.05) is 12.0 Å². The van der Waals surface area contributed by atoms with Crippen LogP contribution in [-0.4, -0.2) is 17.4 Å². The van der Waals surface area contributed by atoms with Crippen molar-refractivity contribution in [1.82, 2.24) is 0 Å². The molecule has 102 valence electrons. The quantitative estimate of drug-likeness (QED) is 0.626. The first-order valence-electron chi connectivity index (χ1n) is 5.77. The number of nitro groups is 1. The standard InChI is InChI=1S/C13H16N2O4/c1-9(2)12(15(17)18)7-10-3-5-11(6-4-10)19-8-13(14)16/h3-7,9H,8H2,1-2H3,(H2,14,16)/b12-7-. The Balaban J connectivity index is 2.83. The molecule has 0 radical (unpaired) electrons. The van der Waals surface area contributed by atoms with Crippen molar-refractivity contribution in [2.45, 2.75) is 13.8 Å². The largest absolute Gasteiger partial charge is 0.484 e. The van der Waals surface area contributed by atoms with Crippen molar-refractivity contribution >= 4 is 12.0 Å². The maximum atomic E-state index is 10.9. The van der Waals surface area contributed by atoms with Crippen LogP contribution in [0.25, 0.3) is 6.08 Å². The Morgan fingerprint density at radius 2 is 2.00 bits per heavy atom. The van der Waals surface area contributed by atoms with Crippen LogP contribution in [0.15, 0.2) is 30.0 Å². The molecule has 0 spiro atoms. The van der Waals surface area contributed by atoms with Gasteiger partial charge in [-0.25, -0.2) is 0 Å². The van der Waals surface area contributed by atoms with E-state index >= 15 is 0 Å². The maximum absolute atomic E-state index is 10.9. The lowest BCUT2D eigenvalue weighted by atomic mass is 10.1. The number of carbonyl (C=O) groups excluding carboxylic acids is 1. The third-order valence-corrected chi connectivity index (χ3v) is 2.38. The normalized spacial score (nSPS) is 11.4. The van der Waals surface area contributed by atoms with Gasteiger partial charge in [0.2, 0.25) is 5.70 Å². The molecule has 0 atom stereocenters. The van der Waals surface area contributed by atoms with Gasteiger partial charge in [-0.15, -0.1) is 0 Å². The van der Waals surface area contributed by atoms with Crippen molar-refractivity contribution < 1.29 is 14.5 Å². The molecule has 0 aromatic heterocycles. The number of nitrogens with zero attached hydrogens (tertiary/aromatic N) is 1. The van der Waals surface area contributed by atoms with Crippen molar-refractivity contribution in [1.29, 1.82) is 0 Å². The molecule has 1 aromatic carbocycles. The van der Waals surface area contributed by atoms with Gasteiger partial charge in [0.15, 0.2) is 6.61 Å². The summed E-state index contributed by atoms with van der Waals surface area (Å²) in [6.07, 6.45) is 1.52. The smallest absolute Gasteiger partial charge is 0.255 e. The number of benzene rings is 1. The number of carbonyl (C=O) groups is 1. The summed E-state index contributed by atoms with van der Waals surface area (Å²) >= 11 is 0. The Kier molecular flexibility index (Phi) is 5.05. The molecule has 0 fully saturated rings. The van der Waals surface area contributed by atoms with Gasteiger partial charge in [0.1, 0.15) is 5.75 Å².